The highest BCUT2D eigenvalue weighted by atomic mass is 32.2. The van der Waals surface area contributed by atoms with Crippen LogP contribution in [0.25, 0.3) is 0 Å². The van der Waals surface area contributed by atoms with Gasteiger partial charge in [0.2, 0.25) is 0 Å². The van der Waals surface area contributed by atoms with Crippen LogP contribution >= 0.6 is 0 Å². The van der Waals surface area contributed by atoms with Gasteiger partial charge in [-0.05, 0) is 24.3 Å². The fraction of sp³-hybridized carbons (Fsp3) is 0. The van der Waals surface area contributed by atoms with Crippen LogP contribution < -0.4 is 10.5 Å². The van der Waals surface area contributed by atoms with Crippen LogP contribution in [0.1, 0.15) is 0 Å². The Labute approximate surface area is 117 Å². The van der Waals surface area contributed by atoms with Crippen LogP contribution in [0.4, 0.5) is 28.9 Å². The van der Waals surface area contributed by atoms with Gasteiger partial charge in [-0.15, -0.1) is 0 Å². The standard InChI is InChI=1S/C12H8F4N2O2S/c13-6-1-2-8(14)10(3-6)18-21(19,20)11-5-7(17)4-9(15)12(11)16/h1-5,18H,17H2. The molecular weight excluding hydrogens is 312 g/mol. The molecule has 0 aliphatic carbocycles. The molecule has 0 amide bonds. The van der Waals surface area contributed by atoms with Crippen LogP contribution in [0.2, 0.25) is 0 Å². The molecule has 21 heavy (non-hydrogen) atoms. The van der Waals surface area contributed by atoms with Crippen LogP contribution in [-0.4, -0.2) is 8.42 Å². The minimum absolute atomic E-state index is 0.339. The van der Waals surface area contributed by atoms with Gasteiger partial charge in [0.1, 0.15) is 16.5 Å². The van der Waals surface area contributed by atoms with Gasteiger partial charge in [-0.2, -0.15) is 0 Å². The zero-order valence-electron chi connectivity index (χ0n) is 10.2. The van der Waals surface area contributed by atoms with Gasteiger partial charge < -0.3 is 5.73 Å². The van der Waals surface area contributed by atoms with E-state index in [4.69, 9.17) is 5.73 Å². The molecule has 112 valence electrons. The second kappa shape index (κ2) is 5.24. The highest BCUT2D eigenvalue weighted by Crippen LogP contribution is 2.25. The van der Waals surface area contributed by atoms with Crippen LogP contribution in [0.15, 0.2) is 35.2 Å². The van der Waals surface area contributed by atoms with Crippen LogP contribution in [-0.2, 0) is 10.0 Å². The quantitative estimate of drug-likeness (QED) is 0.674. The average molecular weight is 320 g/mol. The van der Waals surface area contributed by atoms with Gasteiger partial charge >= 0.3 is 0 Å². The largest absolute Gasteiger partial charge is 0.399 e. The topological polar surface area (TPSA) is 72.2 Å². The Morgan fingerprint density at radius 1 is 0.952 bits per heavy atom. The predicted molar refractivity (Wildman–Crippen MR) is 67.9 cm³/mol. The van der Waals surface area contributed by atoms with E-state index in [0.29, 0.717) is 24.3 Å². The number of benzene rings is 2. The van der Waals surface area contributed by atoms with Crippen molar-refractivity contribution < 1.29 is 26.0 Å². The van der Waals surface area contributed by atoms with Crippen molar-refractivity contribution in [3.05, 3.63) is 53.6 Å². The van der Waals surface area contributed by atoms with Crippen molar-refractivity contribution in [2.75, 3.05) is 10.5 Å². The molecule has 0 radical (unpaired) electrons. The summed E-state index contributed by atoms with van der Waals surface area (Å²) in [6, 6.07) is 3.28. The second-order valence-electron chi connectivity index (χ2n) is 4.04. The number of nitrogens with two attached hydrogens (primary N) is 1. The lowest BCUT2D eigenvalue weighted by Gasteiger charge is -2.10. The Bertz CT molecular complexity index is 809. The lowest BCUT2D eigenvalue weighted by molar-refractivity contribution is 0.486. The minimum Gasteiger partial charge on any atom is -0.399 e. The van der Waals surface area contributed by atoms with E-state index in [1.165, 1.54) is 0 Å². The summed E-state index contributed by atoms with van der Waals surface area (Å²) in [4.78, 5) is -1.11. The lowest BCUT2D eigenvalue weighted by atomic mass is 10.3. The van der Waals surface area contributed by atoms with Gasteiger partial charge in [-0.25, -0.2) is 26.0 Å². The maximum absolute atomic E-state index is 13.5. The van der Waals surface area contributed by atoms with Gasteiger partial charge in [0.15, 0.2) is 11.6 Å². The summed E-state index contributed by atoms with van der Waals surface area (Å²) in [5.74, 6) is -5.14. The number of nitrogens with one attached hydrogen (secondary N) is 1. The van der Waals surface area contributed by atoms with Gasteiger partial charge in [0.05, 0.1) is 5.69 Å². The number of anilines is 2. The average Bonchev–Trinajstić information content (AvgIpc) is 2.37. The van der Waals surface area contributed by atoms with Crippen molar-refractivity contribution >= 4 is 21.4 Å². The molecule has 0 heterocycles. The Kier molecular flexibility index (Phi) is 3.77. The van der Waals surface area contributed by atoms with Gasteiger partial charge in [-0.1, -0.05) is 0 Å². The van der Waals surface area contributed by atoms with Crippen molar-refractivity contribution in [2.24, 2.45) is 0 Å². The molecule has 2 aromatic carbocycles. The summed E-state index contributed by atoms with van der Waals surface area (Å²) in [5, 5.41) is 0. The molecule has 2 aromatic rings. The fourth-order valence-corrected chi connectivity index (χ4v) is 2.74. The van der Waals surface area contributed by atoms with Crippen molar-refractivity contribution in [1.29, 1.82) is 0 Å². The zero-order valence-corrected chi connectivity index (χ0v) is 11.0. The molecule has 0 fully saturated rings. The predicted octanol–water partition coefficient (Wildman–Crippen LogP) is 2.63. The molecule has 0 atom stereocenters. The summed E-state index contributed by atoms with van der Waals surface area (Å²) < 4.78 is 78.6. The Morgan fingerprint density at radius 3 is 2.29 bits per heavy atom. The molecule has 2 rings (SSSR count). The van der Waals surface area contributed by atoms with E-state index in [1.54, 1.807) is 4.72 Å². The fourth-order valence-electron chi connectivity index (χ4n) is 1.55. The van der Waals surface area contributed by atoms with Crippen molar-refractivity contribution in [3.63, 3.8) is 0 Å². The molecule has 0 unspecified atom stereocenters. The van der Waals surface area contributed by atoms with Gasteiger partial charge in [0, 0.05) is 11.8 Å². The van der Waals surface area contributed by atoms with Gasteiger partial charge in [-0.3, -0.25) is 4.72 Å². The summed E-state index contributed by atoms with van der Waals surface area (Å²) in [6.07, 6.45) is 0. The van der Waals surface area contributed by atoms with Crippen LogP contribution in [0.5, 0.6) is 0 Å². The summed E-state index contributed by atoms with van der Waals surface area (Å²) in [7, 11) is -4.68. The van der Waals surface area contributed by atoms with E-state index in [2.05, 4.69) is 0 Å². The number of hydrogen-bond acceptors (Lipinski definition) is 3. The maximum Gasteiger partial charge on any atom is 0.265 e. The van der Waals surface area contributed by atoms with Crippen molar-refractivity contribution in [2.45, 2.75) is 4.90 Å². The Balaban J connectivity index is 2.51. The van der Waals surface area contributed by atoms with Crippen molar-refractivity contribution in [3.8, 4) is 0 Å². The third kappa shape index (κ3) is 3.07. The number of sulfonamides is 1. The molecule has 0 spiro atoms. The van der Waals surface area contributed by atoms with E-state index in [-0.39, 0.29) is 5.69 Å². The smallest absolute Gasteiger partial charge is 0.265 e. The number of rotatable bonds is 3. The summed E-state index contributed by atoms with van der Waals surface area (Å²) in [5.41, 5.74) is 4.16. The first-order valence-corrected chi connectivity index (χ1v) is 6.91. The van der Waals surface area contributed by atoms with Crippen molar-refractivity contribution in [1.82, 2.24) is 0 Å². The second-order valence-corrected chi connectivity index (χ2v) is 5.70. The molecule has 3 N–H and O–H groups in total. The third-order valence-corrected chi connectivity index (χ3v) is 3.84. The first kappa shape index (κ1) is 15.1. The first-order valence-electron chi connectivity index (χ1n) is 5.43. The van der Waals surface area contributed by atoms with E-state index in [9.17, 15) is 26.0 Å². The van der Waals surface area contributed by atoms with Crippen LogP contribution in [0, 0.1) is 23.3 Å². The van der Waals surface area contributed by atoms with E-state index < -0.39 is 43.9 Å². The molecule has 0 saturated heterocycles. The summed E-state index contributed by atoms with van der Waals surface area (Å²) in [6.45, 7) is 0. The Hall–Kier alpha value is -2.29. The third-order valence-electron chi connectivity index (χ3n) is 2.48. The maximum atomic E-state index is 13.5. The molecule has 0 bridgehead atoms. The van der Waals surface area contributed by atoms with Gasteiger partial charge in [0.25, 0.3) is 10.0 Å². The molecule has 4 nitrogen and oxygen atoms in total. The van der Waals surface area contributed by atoms with E-state index in [1.807, 2.05) is 0 Å². The molecule has 0 aromatic heterocycles. The SMILES string of the molecule is Nc1cc(F)c(F)c(S(=O)(=O)Nc2cc(F)ccc2F)c1. The Morgan fingerprint density at radius 2 is 1.62 bits per heavy atom. The number of halogens is 4. The highest BCUT2D eigenvalue weighted by Gasteiger charge is 2.24. The van der Waals surface area contributed by atoms with E-state index >= 15 is 0 Å². The molecule has 9 heteroatoms. The molecule has 0 saturated carbocycles. The van der Waals surface area contributed by atoms with E-state index in [0.717, 1.165) is 6.07 Å². The minimum atomic E-state index is -4.68. The molecule has 0 aliphatic rings. The normalized spacial score (nSPS) is 11.4. The number of hydrogen-bond donors (Lipinski definition) is 2. The first-order chi connectivity index (χ1) is 9.70. The lowest BCUT2D eigenvalue weighted by Crippen LogP contribution is -2.17. The summed E-state index contributed by atoms with van der Waals surface area (Å²) >= 11 is 0. The molecule has 0 aliphatic heterocycles. The number of nitrogen functional groups attached to an aromatic ring is 1. The molecular formula is C12H8F4N2O2S. The monoisotopic (exact) mass is 320 g/mol. The highest BCUT2D eigenvalue weighted by molar-refractivity contribution is 7.92. The zero-order chi connectivity index (χ0) is 15.8. The van der Waals surface area contributed by atoms with Crippen LogP contribution in [0.3, 0.4) is 0 Å².